The van der Waals surface area contributed by atoms with Crippen molar-refractivity contribution in [1.29, 1.82) is 0 Å². The monoisotopic (exact) mass is 181 g/mol. The van der Waals surface area contributed by atoms with Gasteiger partial charge in [-0.2, -0.15) is 0 Å². The molecule has 0 radical (unpaired) electrons. The zero-order valence-corrected chi connectivity index (χ0v) is 7.15. The number of halogens is 1. The molecule has 0 aromatic carbocycles. The zero-order chi connectivity index (χ0) is 7.40. The molecule has 11 heavy (non-hydrogen) atoms. The maximum Gasteiger partial charge on any atom is 0.325 e. The molecule has 0 bridgehead atoms. The summed E-state index contributed by atoms with van der Waals surface area (Å²) < 4.78 is 9.55. The van der Waals surface area contributed by atoms with Crippen LogP contribution in [-0.4, -0.2) is 38.9 Å². The van der Waals surface area contributed by atoms with E-state index >= 15 is 0 Å². The fraction of sp³-hybridized carbons (Fsp3) is 0.833. The Balaban J connectivity index is 0.000001000. The van der Waals surface area contributed by atoms with Crippen molar-refractivity contribution in [2.45, 2.75) is 6.04 Å². The van der Waals surface area contributed by atoms with Gasteiger partial charge in [-0.25, -0.2) is 0 Å². The number of rotatable bonds is 1. The van der Waals surface area contributed by atoms with Crippen LogP contribution in [0.2, 0.25) is 0 Å². The van der Waals surface area contributed by atoms with Gasteiger partial charge in [0, 0.05) is 6.54 Å². The summed E-state index contributed by atoms with van der Waals surface area (Å²) in [6, 6.07) is -0.265. The summed E-state index contributed by atoms with van der Waals surface area (Å²) in [7, 11) is 1.37. The van der Waals surface area contributed by atoms with Crippen molar-refractivity contribution < 1.29 is 14.3 Å². The Morgan fingerprint density at radius 3 is 2.91 bits per heavy atom. The maximum atomic E-state index is 10.8. The third-order valence-corrected chi connectivity index (χ3v) is 1.41. The highest BCUT2D eigenvalue weighted by molar-refractivity contribution is 5.85. The zero-order valence-electron chi connectivity index (χ0n) is 6.33. The van der Waals surface area contributed by atoms with Crippen molar-refractivity contribution in [2.75, 3.05) is 26.9 Å². The third-order valence-electron chi connectivity index (χ3n) is 1.41. The molecular weight excluding hydrogens is 170 g/mol. The Hall–Kier alpha value is -0.320. The first-order chi connectivity index (χ1) is 4.84. The van der Waals surface area contributed by atoms with E-state index in [4.69, 9.17) is 4.74 Å². The normalized spacial score (nSPS) is 23.5. The lowest BCUT2D eigenvalue weighted by Crippen LogP contribution is -2.46. The summed E-state index contributed by atoms with van der Waals surface area (Å²) in [6.45, 7) is 1.82. The molecule has 0 aliphatic carbocycles. The molecule has 66 valence electrons. The van der Waals surface area contributed by atoms with Gasteiger partial charge in [0.15, 0.2) is 0 Å². The lowest BCUT2D eigenvalue weighted by molar-refractivity contribution is -0.146. The smallest absolute Gasteiger partial charge is 0.325 e. The van der Waals surface area contributed by atoms with Crippen LogP contribution in [0.25, 0.3) is 0 Å². The van der Waals surface area contributed by atoms with Crippen LogP contribution in [-0.2, 0) is 14.3 Å². The number of methoxy groups -OCH3 is 1. The SMILES string of the molecule is COC(=O)[C@H]1COCCN1.Cl. The molecule has 1 aliphatic rings. The predicted molar refractivity (Wildman–Crippen MR) is 41.9 cm³/mol. The molecule has 0 aromatic heterocycles. The summed E-state index contributed by atoms with van der Waals surface area (Å²) in [4.78, 5) is 10.8. The molecule has 0 amide bonds. The van der Waals surface area contributed by atoms with Crippen molar-refractivity contribution in [1.82, 2.24) is 5.32 Å². The predicted octanol–water partition coefficient (Wildman–Crippen LogP) is -0.430. The van der Waals surface area contributed by atoms with Gasteiger partial charge < -0.3 is 14.8 Å². The summed E-state index contributed by atoms with van der Waals surface area (Å²) in [6.07, 6.45) is 0. The first-order valence-electron chi connectivity index (χ1n) is 3.23. The standard InChI is InChI=1S/C6H11NO3.ClH/c1-9-6(8)5-4-10-3-2-7-5;/h5,7H,2-4H2,1H3;1H/t5-;/m1./s1. The van der Waals surface area contributed by atoms with Crippen molar-refractivity contribution in [3.63, 3.8) is 0 Å². The van der Waals surface area contributed by atoms with E-state index in [1.165, 1.54) is 7.11 Å². The molecule has 1 N–H and O–H groups in total. The van der Waals surface area contributed by atoms with Crippen LogP contribution in [0.3, 0.4) is 0 Å². The van der Waals surface area contributed by atoms with Gasteiger partial charge >= 0.3 is 5.97 Å². The van der Waals surface area contributed by atoms with Crippen LogP contribution in [0, 0.1) is 0 Å². The van der Waals surface area contributed by atoms with Crippen LogP contribution >= 0.6 is 12.4 Å². The molecule has 0 aromatic rings. The molecular formula is C6H12ClNO3. The van der Waals surface area contributed by atoms with Gasteiger partial charge in [0.1, 0.15) is 6.04 Å². The van der Waals surface area contributed by atoms with Crippen LogP contribution in [0.4, 0.5) is 0 Å². The van der Waals surface area contributed by atoms with Gasteiger partial charge in [-0.1, -0.05) is 0 Å². The molecule has 1 rings (SSSR count). The maximum absolute atomic E-state index is 10.8. The Kier molecular flexibility index (Phi) is 5.19. The number of ether oxygens (including phenoxy) is 2. The van der Waals surface area contributed by atoms with Crippen LogP contribution in [0.15, 0.2) is 0 Å². The van der Waals surface area contributed by atoms with E-state index in [9.17, 15) is 4.79 Å². The first kappa shape index (κ1) is 10.7. The molecule has 5 heteroatoms. The second kappa shape index (κ2) is 5.35. The lowest BCUT2D eigenvalue weighted by atomic mass is 10.3. The summed E-state index contributed by atoms with van der Waals surface area (Å²) in [5.74, 6) is -0.250. The van der Waals surface area contributed by atoms with Crippen LogP contribution < -0.4 is 5.32 Å². The van der Waals surface area contributed by atoms with Gasteiger partial charge in [-0.3, -0.25) is 4.79 Å². The number of carbonyl (C=O) groups excluding carboxylic acids is 1. The Morgan fingerprint density at radius 1 is 1.73 bits per heavy atom. The average molecular weight is 182 g/mol. The Labute approximate surface area is 71.6 Å². The molecule has 0 unspecified atom stereocenters. The molecule has 4 nitrogen and oxygen atoms in total. The van der Waals surface area contributed by atoms with E-state index in [-0.39, 0.29) is 24.4 Å². The molecule has 1 atom stereocenters. The summed E-state index contributed by atoms with van der Waals surface area (Å²) in [5, 5.41) is 2.97. The fourth-order valence-corrected chi connectivity index (χ4v) is 0.859. The highest BCUT2D eigenvalue weighted by Gasteiger charge is 2.20. The van der Waals surface area contributed by atoms with Crippen molar-refractivity contribution >= 4 is 18.4 Å². The minimum atomic E-state index is -0.265. The van der Waals surface area contributed by atoms with Gasteiger partial charge in [0.05, 0.1) is 20.3 Å². The number of hydrogen-bond acceptors (Lipinski definition) is 4. The largest absolute Gasteiger partial charge is 0.468 e. The second-order valence-corrected chi connectivity index (χ2v) is 2.10. The minimum Gasteiger partial charge on any atom is -0.468 e. The van der Waals surface area contributed by atoms with E-state index in [0.717, 1.165) is 6.54 Å². The summed E-state index contributed by atoms with van der Waals surface area (Å²) >= 11 is 0. The molecule has 1 saturated heterocycles. The van der Waals surface area contributed by atoms with E-state index in [1.807, 2.05) is 0 Å². The van der Waals surface area contributed by atoms with Gasteiger partial charge in [0.25, 0.3) is 0 Å². The van der Waals surface area contributed by atoms with E-state index in [0.29, 0.717) is 13.2 Å². The Morgan fingerprint density at radius 2 is 2.45 bits per heavy atom. The minimum absolute atomic E-state index is 0. The Bertz CT molecular complexity index is 125. The van der Waals surface area contributed by atoms with E-state index in [2.05, 4.69) is 10.1 Å². The van der Waals surface area contributed by atoms with E-state index < -0.39 is 0 Å². The number of carbonyl (C=O) groups is 1. The topological polar surface area (TPSA) is 47.6 Å². The number of esters is 1. The first-order valence-corrected chi connectivity index (χ1v) is 3.23. The summed E-state index contributed by atoms with van der Waals surface area (Å²) in [5.41, 5.74) is 0. The molecule has 1 fully saturated rings. The number of hydrogen-bond donors (Lipinski definition) is 1. The third kappa shape index (κ3) is 3.05. The molecule has 1 aliphatic heterocycles. The van der Waals surface area contributed by atoms with Crippen molar-refractivity contribution in [2.24, 2.45) is 0 Å². The molecule has 1 heterocycles. The van der Waals surface area contributed by atoms with Crippen LogP contribution in [0.1, 0.15) is 0 Å². The molecule has 0 saturated carbocycles. The van der Waals surface area contributed by atoms with Crippen molar-refractivity contribution in [3.05, 3.63) is 0 Å². The number of nitrogens with one attached hydrogen (secondary N) is 1. The highest BCUT2D eigenvalue weighted by Crippen LogP contribution is 1.94. The lowest BCUT2D eigenvalue weighted by Gasteiger charge is -2.20. The quantitative estimate of drug-likeness (QED) is 0.558. The van der Waals surface area contributed by atoms with Gasteiger partial charge in [-0.15, -0.1) is 12.4 Å². The van der Waals surface area contributed by atoms with E-state index in [1.54, 1.807) is 0 Å². The highest BCUT2D eigenvalue weighted by atomic mass is 35.5. The average Bonchev–Trinajstić information content (AvgIpc) is 2.05. The number of morpholine rings is 1. The van der Waals surface area contributed by atoms with Crippen LogP contribution in [0.5, 0.6) is 0 Å². The second-order valence-electron chi connectivity index (χ2n) is 2.10. The van der Waals surface area contributed by atoms with Gasteiger partial charge in [-0.05, 0) is 0 Å². The van der Waals surface area contributed by atoms with Crippen molar-refractivity contribution in [3.8, 4) is 0 Å². The van der Waals surface area contributed by atoms with Gasteiger partial charge in [0.2, 0.25) is 0 Å². The fourth-order valence-electron chi connectivity index (χ4n) is 0.859. The molecule has 0 spiro atoms.